The average Bonchev–Trinajstić information content (AvgIpc) is 2.64. The molecule has 1 aromatic carbocycles. The minimum absolute atomic E-state index is 0.233. The molecule has 1 fully saturated rings. The molecule has 0 radical (unpaired) electrons. The Hall–Kier alpha value is -1.62. The van der Waals surface area contributed by atoms with Crippen LogP contribution in [0.5, 0.6) is 0 Å². The fraction of sp³-hybridized carbons (Fsp3) is 0.591. The first-order chi connectivity index (χ1) is 11.8. The van der Waals surface area contributed by atoms with Gasteiger partial charge >= 0.3 is 0 Å². The number of rotatable bonds is 9. The summed E-state index contributed by atoms with van der Waals surface area (Å²) in [5, 5.41) is 8.83. The quantitative estimate of drug-likeness (QED) is 0.381. The maximum Gasteiger partial charge on any atom is 0.0991 e. The Labute approximate surface area is 146 Å². The Balaban J connectivity index is 1.58. The summed E-state index contributed by atoms with van der Waals surface area (Å²) in [5.74, 6) is 1.78. The number of alkyl halides is 1. The number of aryl methyl sites for hydroxylation is 1. The van der Waals surface area contributed by atoms with E-state index in [1.807, 2.05) is 18.2 Å². The molecule has 24 heavy (non-hydrogen) atoms. The number of hydrogen-bond donors (Lipinski definition) is 0. The number of nitriles is 1. The van der Waals surface area contributed by atoms with Gasteiger partial charge in [0.2, 0.25) is 0 Å². The zero-order valence-electron chi connectivity index (χ0n) is 14.7. The van der Waals surface area contributed by atoms with Crippen molar-refractivity contribution in [3.8, 4) is 6.07 Å². The van der Waals surface area contributed by atoms with Gasteiger partial charge in [0.1, 0.15) is 0 Å². The van der Waals surface area contributed by atoms with Crippen LogP contribution in [0.2, 0.25) is 0 Å². The fourth-order valence-electron chi connectivity index (χ4n) is 3.75. The molecule has 1 aromatic rings. The van der Waals surface area contributed by atoms with Crippen LogP contribution in [0.1, 0.15) is 68.9 Å². The van der Waals surface area contributed by atoms with Gasteiger partial charge in [-0.1, -0.05) is 56.4 Å². The Morgan fingerprint density at radius 2 is 1.58 bits per heavy atom. The SMILES string of the molecule is N#Cc1ccc(CCC2CCC(CCC/C=C/CCF)CC2)cc1. The van der Waals surface area contributed by atoms with E-state index in [1.54, 1.807) is 0 Å². The van der Waals surface area contributed by atoms with Crippen LogP contribution < -0.4 is 0 Å². The molecule has 0 heterocycles. The molecule has 0 unspecified atom stereocenters. The van der Waals surface area contributed by atoms with Crippen molar-refractivity contribution < 1.29 is 4.39 Å². The maximum absolute atomic E-state index is 12.0. The van der Waals surface area contributed by atoms with Crippen molar-refractivity contribution in [3.63, 3.8) is 0 Å². The van der Waals surface area contributed by atoms with Gasteiger partial charge in [-0.05, 0) is 61.6 Å². The Kier molecular flexibility index (Phi) is 8.60. The number of benzene rings is 1. The van der Waals surface area contributed by atoms with Gasteiger partial charge in [0, 0.05) is 0 Å². The van der Waals surface area contributed by atoms with E-state index in [1.165, 1.54) is 50.5 Å². The summed E-state index contributed by atoms with van der Waals surface area (Å²) in [6.45, 7) is -0.233. The van der Waals surface area contributed by atoms with Gasteiger partial charge in [0.25, 0.3) is 0 Å². The third-order valence-electron chi connectivity index (χ3n) is 5.32. The highest BCUT2D eigenvalue weighted by molar-refractivity contribution is 5.31. The monoisotopic (exact) mass is 327 g/mol. The molecule has 1 nitrogen and oxygen atoms in total. The maximum atomic E-state index is 12.0. The molecule has 0 amide bonds. The highest BCUT2D eigenvalue weighted by Gasteiger charge is 2.20. The van der Waals surface area contributed by atoms with Gasteiger partial charge in [-0.2, -0.15) is 5.26 Å². The summed E-state index contributed by atoms with van der Waals surface area (Å²) in [7, 11) is 0. The van der Waals surface area contributed by atoms with E-state index < -0.39 is 0 Å². The van der Waals surface area contributed by atoms with Gasteiger partial charge in [-0.3, -0.25) is 4.39 Å². The summed E-state index contributed by atoms with van der Waals surface area (Å²) in [4.78, 5) is 0. The summed E-state index contributed by atoms with van der Waals surface area (Å²) in [5.41, 5.74) is 2.11. The van der Waals surface area contributed by atoms with E-state index in [0.29, 0.717) is 6.42 Å². The van der Waals surface area contributed by atoms with Crippen LogP contribution in [-0.4, -0.2) is 6.67 Å². The fourth-order valence-corrected chi connectivity index (χ4v) is 3.75. The van der Waals surface area contributed by atoms with E-state index in [2.05, 4.69) is 24.3 Å². The lowest BCUT2D eigenvalue weighted by atomic mass is 9.78. The summed E-state index contributed by atoms with van der Waals surface area (Å²) in [6, 6.07) is 10.2. The van der Waals surface area contributed by atoms with Crippen LogP contribution >= 0.6 is 0 Å². The standard InChI is InChI=1S/C22H30FN/c23-17-5-3-1-2-4-6-19-7-9-20(10-8-19)11-12-21-13-15-22(18-24)16-14-21/h1,3,13-16,19-20H,2,4-12,17H2/b3-1+. The third-order valence-corrected chi connectivity index (χ3v) is 5.32. The van der Waals surface area contributed by atoms with Crippen molar-refractivity contribution >= 4 is 0 Å². The molecule has 0 aliphatic heterocycles. The van der Waals surface area contributed by atoms with Crippen LogP contribution in [0, 0.1) is 23.2 Å². The molecule has 0 N–H and O–H groups in total. The molecule has 0 aromatic heterocycles. The number of unbranched alkanes of at least 4 members (excludes halogenated alkanes) is 1. The third kappa shape index (κ3) is 6.87. The molecule has 0 atom stereocenters. The number of halogens is 1. The molecule has 1 aliphatic carbocycles. The lowest BCUT2D eigenvalue weighted by Crippen LogP contribution is -2.15. The second-order valence-electron chi connectivity index (χ2n) is 7.11. The summed E-state index contributed by atoms with van der Waals surface area (Å²) < 4.78 is 12.0. The molecule has 0 saturated heterocycles. The molecule has 2 heteroatoms. The van der Waals surface area contributed by atoms with Crippen LogP contribution in [0.15, 0.2) is 36.4 Å². The molecular formula is C22H30FN. The number of allylic oxidation sites excluding steroid dienone is 2. The molecular weight excluding hydrogens is 297 g/mol. The lowest BCUT2D eigenvalue weighted by molar-refractivity contribution is 0.250. The number of hydrogen-bond acceptors (Lipinski definition) is 1. The Morgan fingerprint density at radius 1 is 0.958 bits per heavy atom. The van der Waals surface area contributed by atoms with E-state index >= 15 is 0 Å². The number of nitrogens with zero attached hydrogens (tertiary/aromatic N) is 1. The smallest absolute Gasteiger partial charge is 0.0991 e. The van der Waals surface area contributed by atoms with E-state index in [-0.39, 0.29) is 6.67 Å². The molecule has 0 bridgehead atoms. The largest absolute Gasteiger partial charge is 0.251 e. The minimum Gasteiger partial charge on any atom is -0.251 e. The zero-order valence-corrected chi connectivity index (χ0v) is 14.7. The second-order valence-corrected chi connectivity index (χ2v) is 7.11. The van der Waals surface area contributed by atoms with Crippen LogP contribution in [-0.2, 0) is 6.42 Å². The van der Waals surface area contributed by atoms with Gasteiger partial charge in [-0.15, -0.1) is 0 Å². The van der Waals surface area contributed by atoms with Crippen LogP contribution in [0.4, 0.5) is 4.39 Å². The van der Waals surface area contributed by atoms with Crippen molar-refractivity contribution in [2.75, 3.05) is 6.67 Å². The summed E-state index contributed by atoms with van der Waals surface area (Å²) in [6.07, 6.45) is 16.3. The first-order valence-electron chi connectivity index (χ1n) is 9.52. The molecule has 1 saturated carbocycles. The van der Waals surface area contributed by atoms with Gasteiger partial charge in [0.05, 0.1) is 18.3 Å². The topological polar surface area (TPSA) is 23.8 Å². The molecule has 130 valence electrons. The van der Waals surface area contributed by atoms with Crippen LogP contribution in [0.25, 0.3) is 0 Å². The Morgan fingerprint density at radius 3 is 2.21 bits per heavy atom. The molecule has 0 spiro atoms. The first-order valence-corrected chi connectivity index (χ1v) is 9.52. The van der Waals surface area contributed by atoms with Crippen molar-refractivity contribution in [3.05, 3.63) is 47.5 Å². The Bertz CT molecular complexity index is 518. The predicted octanol–water partition coefficient (Wildman–Crippen LogP) is 6.38. The average molecular weight is 327 g/mol. The van der Waals surface area contributed by atoms with E-state index in [0.717, 1.165) is 30.2 Å². The normalized spacial score (nSPS) is 21.0. The van der Waals surface area contributed by atoms with Crippen molar-refractivity contribution in [1.29, 1.82) is 5.26 Å². The highest BCUT2D eigenvalue weighted by atomic mass is 19.1. The van der Waals surface area contributed by atoms with Gasteiger partial charge in [0.15, 0.2) is 0 Å². The van der Waals surface area contributed by atoms with Crippen molar-refractivity contribution in [2.24, 2.45) is 11.8 Å². The van der Waals surface area contributed by atoms with Crippen molar-refractivity contribution in [2.45, 2.75) is 64.2 Å². The van der Waals surface area contributed by atoms with Crippen molar-refractivity contribution in [1.82, 2.24) is 0 Å². The molecule has 1 aliphatic rings. The van der Waals surface area contributed by atoms with Gasteiger partial charge < -0.3 is 0 Å². The predicted molar refractivity (Wildman–Crippen MR) is 98.5 cm³/mol. The lowest BCUT2D eigenvalue weighted by Gasteiger charge is -2.28. The van der Waals surface area contributed by atoms with E-state index in [9.17, 15) is 4.39 Å². The minimum atomic E-state index is -0.233. The highest BCUT2D eigenvalue weighted by Crippen LogP contribution is 2.34. The zero-order chi connectivity index (χ0) is 17.0. The first kappa shape index (κ1) is 18.7. The van der Waals surface area contributed by atoms with Gasteiger partial charge in [-0.25, -0.2) is 0 Å². The van der Waals surface area contributed by atoms with E-state index in [4.69, 9.17) is 5.26 Å². The second kappa shape index (κ2) is 11.0. The van der Waals surface area contributed by atoms with Crippen LogP contribution in [0.3, 0.4) is 0 Å². The summed E-state index contributed by atoms with van der Waals surface area (Å²) >= 11 is 0. The molecule has 2 rings (SSSR count).